The molecule has 0 fully saturated rings. The molecule has 0 spiro atoms. The van der Waals surface area contributed by atoms with Crippen LogP contribution in [0.15, 0.2) is 60.7 Å². The van der Waals surface area contributed by atoms with Gasteiger partial charge in [-0.3, -0.25) is 0 Å². The third kappa shape index (κ3) is 2.44. The summed E-state index contributed by atoms with van der Waals surface area (Å²) in [5, 5.41) is 11.0. The molecule has 0 radical (unpaired) electrons. The summed E-state index contributed by atoms with van der Waals surface area (Å²) in [6.07, 6.45) is 0. The van der Waals surface area contributed by atoms with Crippen LogP contribution in [-0.4, -0.2) is 0 Å². The lowest BCUT2D eigenvalue weighted by atomic mass is 9.80. The molecule has 0 saturated heterocycles. The molecule has 140 valence electrons. The van der Waals surface area contributed by atoms with Crippen LogP contribution >= 0.6 is 0 Å². The molecule has 0 heteroatoms. The zero-order valence-electron chi connectivity index (χ0n) is 17.8. The summed E-state index contributed by atoms with van der Waals surface area (Å²) >= 11 is 0. The Labute approximate surface area is 167 Å². The van der Waals surface area contributed by atoms with Crippen molar-refractivity contribution in [2.24, 2.45) is 0 Å². The average Bonchev–Trinajstić information content (AvgIpc) is 2.63. The molecule has 5 aromatic rings. The Balaban J connectivity index is 2.11. The van der Waals surface area contributed by atoms with E-state index in [1.807, 2.05) is 0 Å². The van der Waals surface area contributed by atoms with Crippen LogP contribution in [0.25, 0.3) is 43.1 Å². The maximum atomic E-state index is 2.45. The van der Waals surface area contributed by atoms with Crippen molar-refractivity contribution in [2.45, 2.75) is 52.4 Å². The minimum Gasteiger partial charge on any atom is -0.0610 e. The van der Waals surface area contributed by atoms with Crippen molar-refractivity contribution in [3.05, 3.63) is 71.8 Å². The quantitative estimate of drug-likeness (QED) is 0.191. The number of hydrogen-bond acceptors (Lipinski definition) is 0. The van der Waals surface area contributed by atoms with Crippen LogP contribution in [0.2, 0.25) is 0 Å². The second-order valence-electron chi connectivity index (χ2n) is 10.4. The molecule has 5 rings (SSSR count). The normalized spacial score (nSPS) is 13.4. The molecule has 0 aliphatic rings. The van der Waals surface area contributed by atoms with Crippen molar-refractivity contribution in [3.63, 3.8) is 0 Å². The summed E-state index contributed by atoms with van der Waals surface area (Å²) in [4.78, 5) is 0. The Morgan fingerprint density at radius 3 is 1.21 bits per heavy atom. The minimum absolute atomic E-state index is 0.123. The molecule has 0 aliphatic heterocycles. The van der Waals surface area contributed by atoms with Gasteiger partial charge in [0.15, 0.2) is 0 Å². The summed E-state index contributed by atoms with van der Waals surface area (Å²) in [7, 11) is 0. The fourth-order valence-electron chi connectivity index (χ4n) is 4.60. The van der Waals surface area contributed by atoms with E-state index in [1.165, 1.54) is 54.2 Å². The van der Waals surface area contributed by atoms with E-state index < -0.39 is 0 Å². The Bertz CT molecular complexity index is 1250. The van der Waals surface area contributed by atoms with Gasteiger partial charge in [0.25, 0.3) is 0 Å². The van der Waals surface area contributed by atoms with Crippen LogP contribution in [0.5, 0.6) is 0 Å². The highest BCUT2D eigenvalue weighted by molar-refractivity contribution is 6.33. The van der Waals surface area contributed by atoms with Crippen LogP contribution in [-0.2, 0) is 10.8 Å². The van der Waals surface area contributed by atoms with Gasteiger partial charge in [-0.25, -0.2) is 0 Å². The van der Waals surface area contributed by atoms with Crippen molar-refractivity contribution in [3.8, 4) is 0 Å². The smallest absolute Gasteiger partial charge is 0.00262 e. The van der Waals surface area contributed by atoms with Crippen LogP contribution < -0.4 is 0 Å². The van der Waals surface area contributed by atoms with Crippen molar-refractivity contribution >= 4 is 43.1 Å². The molecule has 0 unspecified atom stereocenters. The van der Waals surface area contributed by atoms with Crippen molar-refractivity contribution in [1.29, 1.82) is 0 Å². The highest BCUT2D eigenvalue weighted by atomic mass is 14.2. The number of benzene rings is 5. The van der Waals surface area contributed by atoms with Gasteiger partial charge in [-0.2, -0.15) is 0 Å². The SMILES string of the molecule is CC(C)(C)c1cc2cccc3c4cccc5cc(C(C)(C)C)cc(c(c1)c23)c54. The van der Waals surface area contributed by atoms with Crippen molar-refractivity contribution in [1.82, 2.24) is 0 Å². The number of fused-ring (bicyclic) bond motifs is 2. The van der Waals surface area contributed by atoms with Gasteiger partial charge in [0, 0.05) is 0 Å². The largest absolute Gasteiger partial charge is 0.0610 e. The van der Waals surface area contributed by atoms with E-state index in [4.69, 9.17) is 0 Å². The molecule has 5 aromatic carbocycles. The van der Waals surface area contributed by atoms with Gasteiger partial charge in [0.1, 0.15) is 0 Å². The molecule has 0 bridgehead atoms. The first-order valence-electron chi connectivity index (χ1n) is 10.3. The molecule has 0 saturated carbocycles. The lowest BCUT2D eigenvalue weighted by molar-refractivity contribution is 0.591. The fourth-order valence-corrected chi connectivity index (χ4v) is 4.60. The van der Waals surface area contributed by atoms with E-state index in [0.29, 0.717) is 0 Å². The van der Waals surface area contributed by atoms with E-state index in [1.54, 1.807) is 0 Å². The van der Waals surface area contributed by atoms with Gasteiger partial charge in [-0.05, 0) is 77.2 Å². The van der Waals surface area contributed by atoms with Gasteiger partial charge in [0.05, 0.1) is 0 Å². The molecular weight excluding hydrogens is 336 g/mol. The van der Waals surface area contributed by atoms with Gasteiger partial charge in [-0.1, -0.05) is 90.1 Å². The molecule has 0 amide bonds. The Kier molecular flexibility index (Phi) is 3.42. The summed E-state index contributed by atoms with van der Waals surface area (Å²) in [5.41, 5.74) is 3.05. The second-order valence-corrected chi connectivity index (χ2v) is 10.4. The minimum atomic E-state index is 0.123. The predicted molar refractivity (Wildman–Crippen MR) is 125 cm³/mol. The first kappa shape index (κ1) is 17.5. The third-order valence-electron chi connectivity index (χ3n) is 6.27. The van der Waals surface area contributed by atoms with E-state index in [9.17, 15) is 0 Å². The third-order valence-corrected chi connectivity index (χ3v) is 6.27. The molecule has 0 N–H and O–H groups in total. The summed E-state index contributed by atoms with van der Waals surface area (Å²) < 4.78 is 0. The van der Waals surface area contributed by atoms with Gasteiger partial charge in [0.2, 0.25) is 0 Å². The monoisotopic (exact) mass is 364 g/mol. The van der Waals surface area contributed by atoms with E-state index in [-0.39, 0.29) is 10.8 Å². The summed E-state index contributed by atoms with van der Waals surface area (Å²) in [6, 6.07) is 23.2. The molecule has 0 heterocycles. The van der Waals surface area contributed by atoms with Crippen molar-refractivity contribution in [2.75, 3.05) is 0 Å². The maximum Gasteiger partial charge on any atom is -0.00262 e. The van der Waals surface area contributed by atoms with Gasteiger partial charge >= 0.3 is 0 Å². The van der Waals surface area contributed by atoms with Crippen molar-refractivity contribution < 1.29 is 0 Å². The number of hydrogen-bond donors (Lipinski definition) is 0. The highest BCUT2D eigenvalue weighted by Gasteiger charge is 2.21. The van der Waals surface area contributed by atoms with Crippen LogP contribution in [0.1, 0.15) is 52.7 Å². The molecule has 0 nitrogen and oxygen atoms in total. The predicted octanol–water partition coefficient (Wildman–Crippen LogP) is 8.33. The zero-order chi connectivity index (χ0) is 19.8. The van der Waals surface area contributed by atoms with Gasteiger partial charge in [-0.15, -0.1) is 0 Å². The zero-order valence-corrected chi connectivity index (χ0v) is 17.8. The maximum absolute atomic E-state index is 2.45. The van der Waals surface area contributed by atoms with Crippen LogP contribution in [0, 0.1) is 0 Å². The van der Waals surface area contributed by atoms with E-state index in [2.05, 4.69) is 102 Å². The molecule has 28 heavy (non-hydrogen) atoms. The average molecular weight is 365 g/mol. The summed E-state index contributed by atoms with van der Waals surface area (Å²) in [5.74, 6) is 0. The lowest BCUT2D eigenvalue weighted by Gasteiger charge is -2.24. The molecular formula is C28H28. The highest BCUT2D eigenvalue weighted by Crippen LogP contribution is 2.43. The fraction of sp³-hybridized carbons (Fsp3) is 0.286. The van der Waals surface area contributed by atoms with Crippen LogP contribution in [0.3, 0.4) is 0 Å². The lowest BCUT2D eigenvalue weighted by Crippen LogP contribution is -2.12. The first-order chi connectivity index (χ1) is 13.1. The Morgan fingerprint density at radius 2 is 0.857 bits per heavy atom. The Hall–Kier alpha value is -2.60. The topological polar surface area (TPSA) is 0 Å². The molecule has 0 aliphatic carbocycles. The summed E-state index contributed by atoms with van der Waals surface area (Å²) in [6.45, 7) is 13.8. The van der Waals surface area contributed by atoms with E-state index in [0.717, 1.165) is 0 Å². The molecule has 0 atom stereocenters. The number of rotatable bonds is 0. The van der Waals surface area contributed by atoms with Gasteiger partial charge < -0.3 is 0 Å². The van der Waals surface area contributed by atoms with E-state index >= 15 is 0 Å². The van der Waals surface area contributed by atoms with Crippen LogP contribution in [0.4, 0.5) is 0 Å². The second kappa shape index (κ2) is 5.47. The first-order valence-corrected chi connectivity index (χ1v) is 10.3. The standard InChI is InChI=1S/C28H28/c1-27(2,3)19-13-17-9-7-11-21-22-12-8-10-18-14-20(28(4,5)6)16-24(26(18)22)23(15-19)25(17)21/h7-16H,1-6H3. The Morgan fingerprint density at radius 1 is 0.464 bits per heavy atom. The molecule has 0 aromatic heterocycles.